The van der Waals surface area contributed by atoms with Gasteiger partial charge in [-0.25, -0.2) is 9.78 Å². The Balaban J connectivity index is 1.54. The predicted octanol–water partition coefficient (Wildman–Crippen LogP) is 3.56. The fourth-order valence-corrected chi connectivity index (χ4v) is 4.54. The second-order valence-electron chi connectivity index (χ2n) is 7.72. The maximum Gasteiger partial charge on any atom is 0.333 e. The smallest absolute Gasteiger partial charge is 0.333 e. The number of likely N-dealkylation sites (N-methyl/N-ethyl adjacent to an activating group) is 2. The van der Waals surface area contributed by atoms with E-state index in [2.05, 4.69) is 4.98 Å². The fraction of sp³-hybridized carbons (Fsp3) is 0.0800. The molecule has 0 N–H and O–H groups in total. The van der Waals surface area contributed by atoms with Crippen LogP contribution in [0.1, 0.15) is 5.76 Å². The molecule has 0 radical (unpaired) electrons. The molecule has 2 aromatic heterocycles. The molecular formula is C25H18N4O5S. The number of amides is 4. The SMILES string of the molecule is CN1C(=O)C(=Cc2ccc(Sc3nc4ccccc4c(=O)n3-c3ccccc3)o2)C(=O)N(C)C1=O. The van der Waals surface area contributed by atoms with Crippen LogP contribution < -0.4 is 5.56 Å². The van der Waals surface area contributed by atoms with Crippen molar-refractivity contribution in [1.82, 2.24) is 19.4 Å². The highest BCUT2D eigenvalue weighted by Crippen LogP contribution is 2.31. The van der Waals surface area contributed by atoms with Crippen molar-refractivity contribution in [2.45, 2.75) is 10.2 Å². The quantitative estimate of drug-likeness (QED) is 0.247. The van der Waals surface area contributed by atoms with E-state index in [4.69, 9.17) is 4.42 Å². The first-order chi connectivity index (χ1) is 16.8. The molecule has 1 aliphatic heterocycles. The number of imide groups is 2. The Hall–Kier alpha value is -4.44. The first-order valence-electron chi connectivity index (χ1n) is 10.5. The maximum atomic E-state index is 13.3. The second-order valence-corrected chi connectivity index (χ2v) is 8.69. The number of barbiturate groups is 1. The standard InChI is InChI=1S/C25H18N4O5S/c1-27-21(30)18(22(31)28(2)25(27)33)14-16-12-13-20(34-16)35-24-26-19-11-7-6-10-17(19)23(32)29(24)15-8-4-3-5-9-15/h3-14H,1-2H3. The number of carbonyl (C=O) groups is 3. The van der Waals surface area contributed by atoms with E-state index in [0.29, 0.717) is 26.8 Å². The Labute approximate surface area is 203 Å². The van der Waals surface area contributed by atoms with Crippen LogP contribution in [0.15, 0.2) is 91.8 Å². The number of carbonyl (C=O) groups excluding carboxylic acids is 3. The van der Waals surface area contributed by atoms with Gasteiger partial charge in [0.05, 0.1) is 16.6 Å². The molecule has 174 valence electrons. The fourth-order valence-electron chi connectivity index (χ4n) is 3.66. The predicted molar refractivity (Wildman–Crippen MR) is 129 cm³/mol. The van der Waals surface area contributed by atoms with E-state index in [9.17, 15) is 19.2 Å². The topological polar surface area (TPSA) is 106 Å². The number of benzene rings is 2. The van der Waals surface area contributed by atoms with Gasteiger partial charge in [-0.05, 0) is 54.2 Å². The third-order valence-corrected chi connectivity index (χ3v) is 6.36. The van der Waals surface area contributed by atoms with Gasteiger partial charge >= 0.3 is 6.03 Å². The summed E-state index contributed by atoms with van der Waals surface area (Å²) in [6.45, 7) is 0. The molecule has 1 aliphatic rings. The molecule has 35 heavy (non-hydrogen) atoms. The molecule has 3 heterocycles. The number of rotatable bonds is 4. The van der Waals surface area contributed by atoms with Crippen LogP contribution in [0.4, 0.5) is 4.79 Å². The summed E-state index contributed by atoms with van der Waals surface area (Å²) in [6.07, 6.45) is 1.30. The molecule has 5 rings (SSSR count). The lowest BCUT2D eigenvalue weighted by Crippen LogP contribution is -2.52. The minimum absolute atomic E-state index is 0.189. The molecule has 10 heteroatoms. The maximum absolute atomic E-state index is 13.3. The van der Waals surface area contributed by atoms with Crippen molar-refractivity contribution in [3.8, 4) is 5.69 Å². The van der Waals surface area contributed by atoms with Crippen LogP contribution in [0.2, 0.25) is 0 Å². The zero-order valence-electron chi connectivity index (χ0n) is 18.7. The van der Waals surface area contributed by atoms with Gasteiger partial charge in [-0.15, -0.1) is 0 Å². The molecular weight excluding hydrogens is 468 g/mol. The highest BCUT2D eigenvalue weighted by atomic mass is 32.2. The molecule has 4 amide bonds. The highest BCUT2D eigenvalue weighted by molar-refractivity contribution is 7.99. The molecule has 0 unspecified atom stereocenters. The Morgan fingerprint density at radius 1 is 0.829 bits per heavy atom. The first kappa shape index (κ1) is 22.4. The largest absolute Gasteiger partial charge is 0.450 e. The first-order valence-corrected chi connectivity index (χ1v) is 11.3. The van der Waals surface area contributed by atoms with E-state index in [-0.39, 0.29) is 16.9 Å². The van der Waals surface area contributed by atoms with Crippen LogP contribution in [-0.2, 0) is 9.59 Å². The van der Waals surface area contributed by atoms with Gasteiger partial charge in [0.1, 0.15) is 11.3 Å². The number of hydrogen-bond donors (Lipinski definition) is 0. The molecule has 4 aromatic rings. The molecule has 0 atom stereocenters. The summed E-state index contributed by atoms with van der Waals surface area (Å²) in [5.41, 5.74) is 0.800. The number of hydrogen-bond acceptors (Lipinski definition) is 7. The number of fused-ring (bicyclic) bond motifs is 1. The number of nitrogens with zero attached hydrogens (tertiary/aromatic N) is 4. The van der Waals surface area contributed by atoms with E-state index in [1.165, 1.54) is 24.7 Å². The summed E-state index contributed by atoms with van der Waals surface area (Å²) in [6, 6.07) is 18.8. The summed E-state index contributed by atoms with van der Waals surface area (Å²) in [5, 5.41) is 1.28. The van der Waals surface area contributed by atoms with Gasteiger partial charge in [0, 0.05) is 14.1 Å². The van der Waals surface area contributed by atoms with Crippen molar-refractivity contribution in [2.75, 3.05) is 14.1 Å². The molecule has 0 bridgehead atoms. The zero-order valence-corrected chi connectivity index (χ0v) is 19.5. The lowest BCUT2D eigenvalue weighted by molar-refractivity contribution is -0.134. The molecule has 1 fully saturated rings. The Kier molecular flexibility index (Phi) is 5.58. The lowest BCUT2D eigenvalue weighted by Gasteiger charge is -2.28. The molecule has 0 spiro atoms. The summed E-state index contributed by atoms with van der Waals surface area (Å²) in [7, 11) is 2.61. The van der Waals surface area contributed by atoms with E-state index in [1.54, 1.807) is 30.3 Å². The van der Waals surface area contributed by atoms with Crippen LogP contribution in [0.3, 0.4) is 0 Å². The second kappa shape index (κ2) is 8.73. The van der Waals surface area contributed by atoms with Crippen LogP contribution in [0.5, 0.6) is 0 Å². The van der Waals surface area contributed by atoms with Crippen LogP contribution in [0.25, 0.3) is 22.7 Å². The summed E-state index contributed by atoms with van der Waals surface area (Å²) in [5.74, 6) is -1.18. The molecule has 2 aromatic carbocycles. The minimum Gasteiger partial charge on any atom is -0.450 e. The molecule has 0 saturated carbocycles. The van der Waals surface area contributed by atoms with E-state index < -0.39 is 17.8 Å². The highest BCUT2D eigenvalue weighted by Gasteiger charge is 2.38. The van der Waals surface area contributed by atoms with Gasteiger partial charge in [-0.2, -0.15) is 0 Å². The Morgan fingerprint density at radius 3 is 2.20 bits per heavy atom. The van der Waals surface area contributed by atoms with E-state index in [1.807, 2.05) is 36.4 Å². The number of furan rings is 1. The minimum atomic E-state index is -0.710. The number of para-hydroxylation sites is 2. The van der Waals surface area contributed by atoms with Crippen LogP contribution >= 0.6 is 11.8 Å². The molecule has 9 nitrogen and oxygen atoms in total. The third-order valence-electron chi connectivity index (χ3n) is 5.48. The van der Waals surface area contributed by atoms with Crippen molar-refractivity contribution in [3.63, 3.8) is 0 Å². The summed E-state index contributed by atoms with van der Waals surface area (Å²) >= 11 is 1.14. The monoisotopic (exact) mass is 486 g/mol. The molecule has 1 saturated heterocycles. The van der Waals surface area contributed by atoms with Gasteiger partial charge in [-0.1, -0.05) is 30.3 Å². The Bertz CT molecular complexity index is 1560. The molecule has 0 aliphatic carbocycles. The van der Waals surface area contributed by atoms with Crippen molar-refractivity contribution in [3.05, 3.63) is 88.4 Å². The van der Waals surface area contributed by atoms with E-state index >= 15 is 0 Å². The van der Waals surface area contributed by atoms with Gasteiger partial charge in [0.15, 0.2) is 10.2 Å². The van der Waals surface area contributed by atoms with Gasteiger partial charge in [0.2, 0.25) is 0 Å². The van der Waals surface area contributed by atoms with Crippen molar-refractivity contribution in [1.29, 1.82) is 0 Å². The number of urea groups is 1. The Morgan fingerprint density at radius 2 is 1.49 bits per heavy atom. The van der Waals surface area contributed by atoms with Crippen molar-refractivity contribution < 1.29 is 18.8 Å². The van der Waals surface area contributed by atoms with Crippen molar-refractivity contribution in [2.24, 2.45) is 0 Å². The van der Waals surface area contributed by atoms with Gasteiger partial charge in [0.25, 0.3) is 17.4 Å². The van der Waals surface area contributed by atoms with Crippen LogP contribution in [-0.4, -0.2) is 51.3 Å². The van der Waals surface area contributed by atoms with Crippen molar-refractivity contribution >= 4 is 46.6 Å². The number of aromatic nitrogens is 2. The van der Waals surface area contributed by atoms with Crippen LogP contribution in [0, 0.1) is 0 Å². The van der Waals surface area contributed by atoms with Gasteiger partial charge in [-0.3, -0.25) is 28.8 Å². The zero-order chi connectivity index (χ0) is 24.7. The summed E-state index contributed by atoms with van der Waals surface area (Å²) in [4.78, 5) is 56.6. The van der Waals surface area contributed by atoms with Gasteiger partial charge < -0.3 is 4.42 Å². The normalized spacial score (nSPS) is 14.2. The van der Waals surface area contributed by atoms with E-state index in [0.717, 1.165) is 21.6 Å². The third kappa shape index (κ3) is 3.93. The average molecular weight is 487 g/mol. The average Bonchev–Trinajstić information content (AvgIpc) is 3.32. The summed E-state index contributed by atoms with van der Waals surface area (Å²) < 4.78 is 7.34. The lowest BCUT2D eigenvalue weighted by atomic mass is 10.1.